The molecule has 77 valence electrons. The highest BCUT2D eigenvalue weighted by molar-refractivity contribution is 4.66. The predicted molar refractivity (Wildman–Crippen MR) is 55.2 cm³/mol. The molecule has 1 heteroatoms. The summed E-state index contributed by atoms with van der Waals surface area (Å²) in [6.45, 7) is 1.84. The van der Waals surface area contributed by atoms with Gasteiger partial charge in [-0.25, -0.2) is 5.11 Å². The van der Waals surface area contributed by atoms with Crippen LogP contribution in [0, 0.1) is 5.92 Å². The SMILES string of the molecule is CC([O])C1CCCCCCCCC1. The van der Waals surface area contributed by atoms with Crippen molar-refractivity contribution < 1.29 is 5.11 Å². The van der Waals surface area contributed by atoms with Gasteiger partial charge in [-0.1, -0.05) is 44.9 Å². The molecule has 1 aliphatic carbocycles. The van der Waals surface area contributed by atoms with E-state index in [9.17, 15) is 5.11 Å². The Labute approximate surface area is 82.5 Å². The van der Waals surface area contributed by atoms with E-state index in [4.69, 9.17) is 0 Å². The van der Waals surface area contributed by atoms with Gasteiger partial charge in [0, 0.05) is 0 Å². The zero-order valence-corrected chi connectivity index (χ0v) is 8.93. The Balaban J connectivity index is 2.26. The van der Waals surface area contributed by atoms with Crippen LogP contribution in [0.3, 0.4) is 0 Å². The van der Waals surface area contributed by atoms with Crippen molar-refractivity contribution in [3.8, 4) is 0 Å². The van der Waals surface area contributed by atoms with Crippen molar-refractivity contribution >= 4 is 0 Å². The maximum Gasteiger partial charge on any atom is 0.0930 e. The molecule has 1 aliphatic rings. The van der Waals surface area contributed by atoms with Crippen LogP contribution in [0.5, 0.6) is 0 Å². The van der Waals surface area contributed by atoms with Gasteiger partial charge in [0.1, 0.15) is 0 Å². The summed E-state index contributed by atoms with van der Waals surface area (Å²) in [7, 11) is 0. The molecule has 1 atom stereocenters. The summed E-state index contributed by atoms with van der Waals surface area (Å²) in [5, 5.41) is 11.3. The highest BCUT2D eigenvalue weighted by atomic mass is 16.3. The van der Waals surface area contributed by atoms with E-state index in [-0.39, 0.29) is 6.10 Å². The maximum absolute atomic E-state index is 11.3. The smallest absolute Gasteiger partial charge is 0.0930 e. The molecule has 1 saturated carbocycles. The van der Waals surface area contributed by atoms with E-state index >= 15 is 0 Å². The highest BCUT2D eigenvalue weighted by Crippen LogP contribution is 2.23. The molecule has 0 saturated heterocycles. The minimum absolute atomic E-state index is 0.334. The second-order valence-corrected chi connectivity index (χ2v) is 4.52. The molecule has 13 heavy (non-hydrogen) atoms. The summed E-state index contributed by atoms with van der Waals surface area (Å²) < 4.78 is 0. The third-order valence-corrected chi connectivity index (χ3v) is 3.31. The van der Waals surface area contributed by atoms with E-state index in [1.165, 1.54) is 57.8 Å². The quantitative estimate of drug-likeness (QED) is 0.586. The molecular formula is C12H23O. The minimum atomic E-state index is -0.334. The molecule has 1 radical (unpaired) electrons. The molecule has 0 bridgehead atoms. The third kappa shape index (κ3) is 4.66. The summed E-state index contributed by atoms with van der Waals surface area (Å²) in [5.41, 5.74) is 0. The first-order valence-corrected chi connectivity index (χ1v) is 5.96. The van der Waals surface area contributed by atoms with Gasteiger partial charge in [-0.05, 0) is 25.7 Å². The van der Waals surface area contributed by atoms with Crippen LogP contribution >= 0.6 is 0 Å². The second kappa shape index (κ2) is 6.42. The van der Waals surface area contributed by atoms with Crippen molar-refractivity contribution in [2.45, 2.75) is 70.8 Å². The van der Waals surface area contributed by atoms with Crippen LogP contribution in [0.4, 0.5) is 0 Å². The minimum Gasteiger partial charge on any atom is -0.233 e. The second-order valence-electron chi connectivity index (χ2n) is 4.52. The molecule has 0 aromatic carbocycles. The first-order valence-electron chi connectivity index (χ1n) is 5.96. The Morgan fingerprint density at radius 2 is 1.23 bits per heavy atom. The van der Waals surface area contributed by atoms with Gasteiger partial charge in [-0.3, -0.25) is 0 Å². The lowest BCUT2D eigenvalue weighted by Gasteiger charge is -2.19. The van der Waals surface area contributed by atoms with Crippen LogP contribution < -0.4 is 0 Å². The third-order valence-electron chi connectivity index (χ3n) is 3.31. The van der Waals surface area contributed by atoms with Crippen molar-refractivity contribution in [3.05, 3.63) is 0 Å². The molecule has 0 aliphatic heterocycles. The van der Waals surface area contributed by atoms with Crippen molar-refractivity contribution in [1.82, 2.24) is 0 Å². The Hall–Kier alpha value is -0.0400. The van der Waals surface area contributed by atoms with E-state index in [2.05, 4.69) is 0 Å². The standard InChI is InChI=1S/C12H23O/c1-11(13)12-9-7-5-3-2-4-6-8-10-12/h11-12H,2-10H2,1H3. The van der Waals surface area contributed by atoms with Crippen LogP contribution in [0.2, 0.25) is 0 Å². The number of rotatable bonds is 1. The average Bonchev–Trinajstić information content (AvgIpc) is 2.14. The van der Waals surface area contributed by atoms with Crippen LogP contribution in [-0.4, -0.2) is 6.10 Å². The van der Waals surface area contributed by atoms with E-state index < -0.39 is 0 Å². The average molecular weight is 183 g/mol. The fourth-order valence-electron chi connectivity index (χ4n) is 2.31. The van der Waals surface area contributed by atoms with Gasteiger partial charge < -0.3 is 0 Å². The first kappa shape index (κ1) is 11.0. The lowest BCUT2D eigenvalue weighted by molar-refractivity contribution is 0.0420. The maximum atomic E-state index is 11.3. The summed E-state index contributed by atoms with van der Waals surface area (Å²) in [6.07, 6.45) is 11.5. The molecule has 0 N–H and O–H groups in total. The Morgan fingerprint density at radius 1 is 0.846 bits per heavy atom. The largest absolute Gasteiger partial charge is 0.233 e. The molecule has 0 aromatic rings. The highest BCUT2D eigenvalue weighted by Gasteiger charge is 2.15. The van der Waals surface area contributed by atoms with Crippen molar-refractivity contribution in [1.29, 1.82) is 0 Å². The molecule has 1 unspecified atom stereocenters. The number of hydrogen-bond donors (Lipinski definition) is 0. The molecule has 0 aromatic heterocycles. The molecule has 1 nitrogen and oxygen atoms in total. The van der Waals surface area contributed by atoms with Crippen LogP contribution in [0.25, 0.3) is 0 Å². The van der Waals surface area contributed by atoms with E-state index in [0.717, 1.165) is 0 Å². The van der Waals surface area contributed by atoms with Gasteiger partial charge in [0.15, 0.2) is 0 Å². The topological polar surface area (TPSA) is 19.9 Å². The van der Waals surface area contributed by atoms with Gasteiger partial charge >= 0.3 is 0 Å². The molecule has 0 amide bonds. The monoisotopic (exact) mass is 183 g/mol. The Bertz CT molecular complexity index is 110. The number of hydrogen-bond acceptors (Lipinski definition) is 0. The van der Waals surface area contributed by atoms with Gasteiger partial charge in [-0.15, -0.1) is 0 Å². The summed E-state index contributed by atoms with van der Waals surface area (Å²) in [4.78, 5) is 0. The normalized spacial score (nSPS) is 25.4. The van der Waals surface area contributed by atoms with Crippen LogP contribution in [0.15, 0.2) is 0 Å². The lowest BCUT2D eigenvalue weighted by Crippen LogP contribution is -2.15. The van der Waals surface area contributed by atoms with E-state index in [1.54, 1.807) is 0 Å². The van der Waals surface area contributed by atoms with Crippen molar-refractivity contribution in [3.63, 3.8) is 0 Å². The van der Waals surface area contributed by atoms with E-state index in [0.29, 0.717) is 5.92 Å². The predicted octanol–water partition coefficient (Wildman–Crippen LogP) is 3.95. The fourth-order valence-corrected chi connectivity index (χ4v) is 2.31. The van der Waals surface area contributed by atoms with Gasteiger partial charge in [0.25, 0.3) is 0 Å². The summed E-state index contributed by atoms with van der Waals surface area (Å²) in [5.74, 6) is 0.470. The Morgan fingerprint density at radius 3 is 1.62 bits per heavy atom. The molecule has 1 fully saturated rings. The lowest BCUT2D eigenvalue weighted by atomic mass is 9.89. The zero-order valence-electron chi connectivity index (χ0n) is 8.93. The molecule has 0 spiro atoms. The van der Waals surface area contributed by atoms with Gasteiger partial charge in [0.2, 0.25) is 0 Å². The Kier molecular flexibility index (Phi) is 5.45. The van der Waals surface area contributed by atoms with Crippen LogP contribution in [0.1, 0.15) is 64.7 Å². The van der Waals surface area contributed by atoms with Crippen molar-refractivity contribution in [2.24, 2.45) is 5.92 Å². The van der Waals surface area contributed by atoms with Gasteiger partial charge in [-0.2, -0.15) is 0 Å². The van der Waals surface area contributed by atoms with Crippen LogP contribution in [-0.2, 0) is 5.11 Å². The molecular weight excluding hydrogens is 160 g/mol. The molecule has 0 heterocycles. The zero-order chi connectivity index (χ0) is 9.52. The van der Waals surface area contributed by atoms with E-state index in [1.807, 2.05) is 6.92 Å². The molecule has 1 rings (SSSR count). The van der Waals surface area contributed by atoms with Crippen molar-refractivity contribution in [2.75, 3.05) is 0 Å². The van der Waals surface area contributed by atoms with Gasteiger partial charge in [0.05, 0.1) is 6.10 Å². The first-order chi connectivity index (χ1) is 6.30. The fraction of sp³-hybridized carbons (Fsp3) is 1.00. The summed E-state index contributed by atoms with van der Waals surface area (Å²) >= 11 is 0. The summed E-state index contributed by atoms with van der Waals surface area (Å²) in [6, 6.07) is 0.